The van der Waals surface area contributed by atoms with Crippen LogP contribution in [0.15, 0.2) is 0 Å². The van der Waals surface area contributed by atoms with E-state index in [0.717, 1.165) is 32.6 Å². The Morgan fingerprint density at radius 2 is 2.20 bits per heavy atom. The number of rotatable bonds is 3. The summed E-state index contributed by atoms with van der Waals surface area (Å²) in [5, 5.41) is 4.49. The Hall–Kier alpha value is -0.450. The molecule has 15 heavy (non-hydrogen) atoms. The number of nitrogens with one attached hydrogen (secondary N) is 1. The van der Waals surface area contributed by atoms with Crippen molar-refractivity contribution in [2.45, 2.75) is 32.2 Å². The third kappa shape index (κ3) is 2.56. The Kier molecular flexibility index (Phi) is 3.72. The van der Waals surface area contributed by atoms with E-state index in [0.29, 0.717) is 5.92 Å². The molecule has 1 aliphatic rings. The summed E-state index contributed by atoms with van der Waals surface area (Å²) in [6.07, 6.45) is 2.26. The fourth-order valence-corrected chi connectivity index (χ4v) is 3.14. The molecule has 0 aliphatic carbocycles. The largest absolute Gasteiger partial charge is 0.381 e. The van der Waals surface area contributed by atoms with Crippen molar-refractivity contribution in [2.75, 3.05) is 20.3 Å². The summed E-state index contributed by atoms with van der Waals surface area (Å²) in [6.45, 7) is 4.83. The van der Waals surface area contributed by atoms with E-state index in [4.69, 9.17) is 4.74 Å². The maximum Gasteiger partial charge on any atom is 0.0964 e. The molecule has 1 aromatic rings. The first-order chi connectivity index (χ1) is 7.31. The molecular weight excluding hydrogens is 208 g/mol. The monoisotopic (exact) mass is 226 g/mol. The fraction of sp³-hybridized carbons (Fsp3) is 0.727. The van der Waals surface area contributed by atoms with Gasteiger partial charge in [0.25, 0.3) is 0 Å². The molecule has 84 valence electrons. The number of hydrogen-bond acceptors (Lipinski definition) is 4. The lowest BCUT2D eigenvalue weighted by Gasteiger charge is -2.19. The van der Waals surface area contributed by atoms with E-state index in [-0.39, 0.29) is 0 Å². The average Bonchev–Trinajstić information content (AvgIpc) is 2.63. The first-order valence-electron chi connectivity index (χ1n) is 5.50. The zero-order chi connectivity index (χ0) is 10.7. The number of thiazole rings is 1. The van der Waals surface area contributed by atoms with Crippen molar-refractivity contribution in [3.05, 3.63) is 15.6 Å². The molecule has 1 aliphatic heterocycles. The van der Waals surface area contributed by atoms with Crippen LogP contribution < -0.4 is 5.32 Å². The molecule has 2 rings (SSSR count). The Bertz CT molecular complexity index is 318. The molecule has 0 amide bonds. The summed E-state index contributed by atoms with van der Waals surface area (Å²) in [4.78, 5) is 6.05. The second-order valence-corrected chi connectivity index (χ2v) is 5.09. The minimum Gasteiger partial charge on any atom is -0.381 e. The van der Waals surface area contributed by atoms with Gasteiger partial charge in [0.2, 0.25) is 0 Å². The summed E-state index contributed by atoms with van der Waals surface area (Å²) < 4.78 is 5.37. The molecule has 1 aromatic heterocycles. The van der Waals surface area contributed by atoms with Crippen LogP contribution in [0.5, 0.6) is 0 Å². The molecule has 0 bridgehead atoms. The lowest BCUT2D eigenvalue weighted by Crippen LogP contribution is -2.13. The standard InChI is InChI=1S/C11H18N2OS/c1-8-10(7-12-2)15-11(13-8)9-3-5-14-6-4-9/h9,12H,3-7H2,1-2H3. The van der Waals surface area contributed by atoms with Gasteiger partial charge in [-0.15, -0.1) is 11.3 Å². The highest BCUT2D eigenvalue weighted by Gasteiger charge is 2.20. The van der Waals surface area contributed by atoms with E-state index in [2.05, 4.69) is 17.2 Å². The smallest absolute Gasteiger partial charge is 0.0964 e. The van der Waals surface area contributed by atoms with Gasteiger partial charge in [-0.3, -0.25) is 0 Å². The number of aromatic nitrogens is 1. The molecule has 3 nitrogen and oxygen atoms in total. The molecule has 0 saturated carbocycles. The van der Waals surface area contributed by atoms with Crippen LogP contribution in [0.1, 0.15) is 34.3 Å². The zero-order valence-electron chi connectivity index (χ0n) is 9.38. The van der Waals surface area contributed by atoms with Crippen LogP contribution in [0.4, 0.5) is 0 Å². The van der Waals surface area contributed by atoms with E-state index in [1.165, 1.54) is 15.6 Å². The highest BCUT2D eigenvalue weighted by Crippen LogP contribution is 2.31. The van der Waals surface area contributed by atoms with Crippen molar-refractivity contribution in [2.24, 2.45) is 0 Å². The Morgan fingerprint density at radius 1 is 1.47 bits per heavy atom. The summed E-state index contributed by atoms with van der Waals surface area (Å²) in [7, 11) is 1.98. The molecule has 1 saturated heterocycles. The van der Waals surface area contributed by atoms with E-state index in [1.807, 2.05) is 18.4 Å². The van der Waals surface area contributed by atoms with Crippen molar-refractivity contribution < 1.29 is 4.74 Å². The van der Waals surface area contributed by atoms with E-state index < -0.39 is 0 Å². The van der Waals surface area contributed by atoms with Crippen LogP contribution in [-0.2, 0) is 11.3 Å². The first kappa shape index (κ1) is 11.0. The lowest BCUT2D eigenvalue weighted by atomic mass is 10.0. The SMILES string of the molecule is CNCc1sc(C2CCOCC2)nc1C. The first-order valence-corrected chi connectivity index (χ1v) is 6.31. The number of aryl methyl sites for hydroxylation is 1. The Morgan fingerprint density at radius 3 is 2.87 bits per heavy atom. The molecular formula is C11H18N2OS. The van der Waals surface area contributed by atoms with Gasteiger partial charge in [0, 0.05) is 30.6 Å². The van der Waals surface area contributed by atoms with Gasteiger partial charge in [0.05, 0.1) is 10.7 Å². The second-order valence-electron chi connectivity index (χ2n) is 3.98. The van der Waals surface area contributed by atoms with E-state index in [1.54, 1.807) is 0 Å². The molecule has 2 heterocycles. The normalized spacial score (nSPS) is 18.3. The fourth-order valence-electron chi connectivity index (χ4n) is 1.89. The molecule has 0 unspecified atom stereocenters. The topological polar surface area (TPSA) is 34.1 Å². The van der Waals surface area contributed by atoms with Gasteiger partial charge in [-0.25, -0.2) is 4.98 Å². The molecule has 1 N–H and O–H groups in total. The van der Waals surface area contributed by atoms with Crippen LogP contribution in [0.25, 0.3) is 0 Å². The van der Waals surface area contributed by atoms with Crippen molar-refractivity contribution >= 4 is 11.3 Å². The summed E-state index contributed by atoms with van der Waals surface area (Å²) in [5.74, 6) is 0.632. The lowest BCUT2D eigenvalue weighted by molar-refractivity contribution is 0.0852. The highest BCUT2D eigenvalue weighted by molar-refractivity contribution is 7.11. The van der Waals surface area contributed by atoms with Crippen LogP contribution in [-0.4, -0.2) is 25.2 Å². The van der Waals surface area contributed by atoms with E-state index in [9.17, 15) is 0 Å². The van der Waals surface area contributed by atoms with Gasteiger partial charge >= 0.3 is 0 Å². The summed E-state index contributed by atoms with van der Waals surface area (Å²) >= 11 is 1.86. The zero-order valence-corrected chi connectivity index (χ0v) is 10.2. The minimum atomic E-state index is 0.632. The molecule has 0 spiro atoms. The maximum atomic E-state index is 5.37. The number of hydrogen-bond donors (Lipinski definition) is 1. The van der Waals surface area contributed by atoms with Crippen molar-refractivity contribution in [1.82, 2.24) is 10.3 Å². The van der Waals surface area contributed by atoms with Crippen LogP contribution in [0.2, 0.25) is 0 Å². The predicted octanol–water partition coefficient (Wildman–Crippen LogP) is 2.06. The molecule has 0 radical (unpaired) electrons. The molecule has 0 atom stereocenters. The molecule has 4 heteroatoms. The maximum absolute atomic E-state index is 5.37. The van der Waals surface area contributed by atoms with Gasteiger partial charge in [-0.05, 0) is 26.8 Å². The molecule has 1 fully saturated rings. The Balaban J connectivity index is 2.10. The third-order valence-corrected chi connectivity index (χ3v) is 4.14. The summed E-state index contributed by atoms with van der Waals surface area (Å²) in [6, 6.07) is 0. The Labute approximate surface area is 94.9 Å². The quantitative estimate of drug-likeness (QED) is 0.856. The van der Waals surface area contributed by atoms with Crippen LogP contribution in [0.3, 0.4) is 0 Å². The molecule has 0 aromatic carbocycles. The van der Waals surface area contributed by atoms with Crippen molar-refractivity contribution in [1.29, 1.82) is 0 Å². The second kappa shape index (κ2) is 5.05. The van der Waals surface area contributed by atoms with Crippen molar-refractivity contribution in [3.63, 3.8) is 0 Å². The van der Waals surface area contributed by atoms with Gasteiger partial charge in [0.1, 0.15) is 0 Å². The van der Waals surface area contributed by atoms with Gasteiger partial charge < -0.3 is 10.1 Å². The highest BCUT2D eigenvalue weighted by atomic mass is 32.1. The van der Waals surface area contributed by atoms with E-state index >= 15 is 0 Å². The average molecular weight is 226 g/mol. The van der Waals surface area contributed by atoms with Crippen molar-refractivity contribution in [3.8, 4) is 0 Å². The minimum absolute atomic E-state index is 0.632. The van der Waals surface area contributed by atoms with Crippen LogP contribution >= 0.6 is 11.3 Å². The van der Waals surface area contributed by atoms with Gasteiger partial charge in [0.15, 0.2) is 0 Å². The predicted molar refractivity (Wildman–Crippen MR) is 62.4 cm³/mol. The number of ether oxygens (including phenoxy) is 1. The summed E-state index contributed by atoms with van der Waals surface area (Å²) in [5.41, 5.74) is 1.19. The van der Waals surface area contributed by atoms with Gasteiger partial charge in [-0.1, -0.05) is 0 Å². The third-order valence-electron chi connectivity index (χ3n) is 2.82. The number of nitrogens with zero attached hydrogens (tertiary/aromatic N) is 1. The van der Waals surface area contributed by atoms with Gasteiger partial charge in [-0.2, -0.15) is 0 Å². The van der Waals surface area contributed by atoms with Crippen LogP contribution in [0, 0.1) is 6.92 Å².